The van der Waals surface area contributed by atoms with Gasteiger partial charge in [-0.15, -0.1) is 0 Å². The summed E-state index contributed by atoms with van der Waals surface area (Å²) in [6.45, 7) is 2.87. The van der Waals surface area contributed by atoms with E-state index < -0.39 is 17.7 Å². The first-order valence-electron chi connectivity index (χ1n) is 11.3. The number of aliphatic hydroxyl groups excluding tert-OH is 1. The lowest BCUT2D eigenvalue weighted by atomic mass is 9.95. The molecule has 0 saturated carbocycles. The Labute approximate surface area is 204 Å². The maximum atomic E-state index is 13.2. The largest absolute Gasteiger partial charge is 0.507 e. The zero-order valence-electron chi connectivity index (χ0n) is 18.9. The minimum absolute atomic E-state index is 0.0490. The summed E-state index contributed by atoms with van der Waals surface area (Å²) < 4.78 is 5.68. The predicted octanol–water partition coefficient (Wildman–Crippen LogP) is 5.79. The van der Waals surface area contributed by atoms with Gasteiger partial charge in [0, 0.05) is 17.1 Å². The first-order chi connectivity index (χ1) is 16.5. The number of rotatable bonds is 8. The normalized spacial score (nSPS) is 17.2. The lowest BCUT2D eigenvalue weighted by Gasteiger charge is -2.25. The topological polar surface area (TPSA) is 66.8 Å². The van der Waals surface area contributed by atoms with Gasteiger partial charge in [-0.1, -0.05) is 73.1 Å². The van der Waals surface area contributed by atoms with Crippen molar-refractivity contribution in [2.24, 2.45) is 0 Å². The number of hydrogen-bond donors (Lipinski definition) is 1. The van der Waals surface area contributed by atoms with Crippen LogP contribution in [0.5, 0.6) is 5.75 Å². The third-order valence-corrected chi connectivity index (χ3v) is 6.00. The number of hydrogen-bond acceptors (Lipinski definition) is 4. The van der Waals surface area contributed by atoms with E-state index in [2.05, 4.69) is 0 Å². The maximum Gasteiger partial charge on any atom is 0.295 e. The highest BCUT2D eigenvalue weighted by atomic mass is 35.5. The highest BCUT2D eigenvalue weighted by Gasteiger charge is 2.45. The fourth-order valence-electron chi connectivity index (χ4n) is 4.14. The van der Waals surface area contributed by atoms with Crippen LogP contribution in [0.2, 0.25) is 5.02 Å². The molecular weight excluding hydrogens is 450 g/mol. The summed E-state index contributed by atoms with van der Waals surface area (Å²) in [4.78, 5) is 27.8. The van der Waals surface area contributed by atoms with Gasteiger partial charge in [0.1, 0.15) is 11.5 Å². The Kier molecular flexibility index (Phi) is 7.33. The van der Waals surface area contributed by atoms with Gasteiger partial charge < -0.3 is 14.7 Å². The van der Waals surface area contributed by atoms with Crippen molar-refractivity contribution in [3.05, 3.63) is 106 Å². The molecule has 1 aliphatic heterocycles. The van der Waals surface area contributed by atoms with Crippen LogP contribution in [0.15, 0.2) is 84.4 Å². The molecule has 3 aromatic rings. The SMILES string of the molecule is CCCOc1cccc(/C(O)=C2\C(=O)C(=O)N(CCc3ccccc3)C2c2cccc(Cl)c2)c1. The zero-order valence-corrected chi connectivity index (χ0v) is 19.7. The van der Waals surface area contributed by atoms with E-state index in [0.29, 0.717) is 41.5 Å². The molecule has 174 valence electrons. The molecule has 1 atom stereocenters. The van der Waals surface area contributed by atoms with Gasteiger partial charge in [0.05, 0.1) is 18.2 Å². The highest BCUT2D eigenvalue weighted by molar-refractivity contribution is 6.46. The quantitative estimate of drug-likeness (QED) is 0.254. The number of ketones is 1. The van der Waals surface area contributed by atoms with Gasteiger partial charge in [0.15, 0.2) is 0 Å². The van der Waals surface area contributed by atoms with E-state index >= 15 is 0 Å². The van der Waals surface area contributed by atoms with Gasteiger partial charge in [-0.05, 0) is 48.2 Å². The van der Waals surface area contributed by atoms with E-state index in [-0.39, 0.29) is 11.3 Å². The Morgan fingerprint density at radius 3 is 2.50 bits per heavy atom. The van der Waals surface area contributed by atoms with Crippen molar-refractivity contribution in [3.63, 3.8) is 0 Å². The van der Waals surface area contributed by atoms with Crippen molar-refractivity contribution in [2.45, 2.75) is 25.8 Å². The van der Waals surface area contributed by atoms with Crippen LogP contribution < -0.4 is 4.74 Å². The van der Waals surface area contributed by atoms with E-state index in [4.69, 9.17) is 16.3 Å². The van der Waals surface area contributed by atoms with Crippen molar-refractivity contribution in [2.75, 3.05) is 13.2 Å². The van der Waals surface area contributed by atoms with Gasteiger partial charge >= 0.3 is 0 Å². The number of Topliss-reactive ketones (excluding diaryl/α,β-unsaturated/α-hetero) is 1. The van der Waals surface area contributed by atoms with Crippen LogP contribution in [0.3, 0.4) is 0 Å². The minimum atomic E-state index is -0.748. The molecule has 6 heteroatoms. The number of carbonyl (C=O) groups is 2. The molecule has 34 heavy (non-hydrogen) atoms. The van der Waals surface area contributed by atoms with Crippen molar-refractivity contribution in [1.82, 2.24) is 4.90 Å². The maximum absolute atomic E-state index is 13.2. The fourth-order valence-corrected chi connectivity index (χ4v) is 4.34. The molecule has 1 N–H and O–H groups in total. The summed E-state index contributed by atoms with van der Waals surface area (Å²) in [5.74, 6) is -0.993. The average molecular weight is 476 g/mol. The molecule has 0 aliphatic carbocycles. The van der Waals surface area contributed by atoms with Crippen LogP contribution in [0.1, 0.15) is 36.1 Å². The molecule has 1 fully saturated rings. The van der Waals surface area contributed by atoms with Crippen LogP contribution in [0.25, 0.3) is 5.76 Å². The Bertz CT molecular complexity index is 1220. The molecule has 1 unspecified atom stereocenters. The number of amides is 1. The van der Waals surface area contributed by atoms with Crippen LogP contribution in [0, 0.1) is 0 Å². The van der Waals surface area contributed by atoms with Crippen molar-refractivity contribution < 1.29 is 19.4 Å². The third kappa shape index (κ3) is 5.00. The number of aliphatic hydroxyl groups is 1. The van der Waals surface area contributed by atoms with E-state index in [1.54, 1.807) is 42.5 Å². The van der Waals surface area contributed by atoms with Crippen molar-refractivity contribution in [3.8, 4) is 5.75 Å². The minimum Gasteiger partial charge on any atom is -0.507 e. The fraction of sp³-hybridized carbons (Fsp3) is 0.214. The summed E-state index contributed by atoms with van der Waals surface area (Å²) in [6, 6.07) is 23.0. The number of likely N-dealkylation sites (tertiary alicyclic amines) is 1. The molecule has 0 radical (unpaired) electrons. The predicted molar refractivity (Wildman–Crippen MR) is 133 cm³/mol. The van der Waals surface area contributed by atoms with E-state index in [9.17, 15) is 14.7 Å². The van der Waals surface area contributed by atoms with Gasteiger partial charge in [0.2, 0.25) is 0 Å². The van der Waals surface area contributed by atoms with E-state index in [1.165, 1.54) is 4.90 Å². The number of ether oxygens (including phenoxy) is 1. The molecule has 1 amide bonds. The Hall–Kier alpha value is -3.57. The second kappa shape index (κ2) is 10.6. The summed E-state index contributed by atoms with van der Waals surface area (Å²) in [7, 11) is 0. The Balaban J connectivity index is 1.76. The smallest absolute Gasteiger partial charge is 0.295 e. The zero-order chi connectivity index (χ0) is 24.1. The van der Waals surface area contributed by atoms with Crippen LogP contribution in [0.4, 0.5) is 0 Å². The van der Waals surface area contributed by atoms with Gasteiger partial charge in [-0.3, -0.25) is 9.59 Å². The van der Waals surface area contributed by atoms with Gasteiger partial charge in [0.25, 0.3) is 11.7 Å². The number of halogens is 1. The molecule has 1 heterocycles. The van der Waals surface area contributed by atoms with Crippen LogP contribution in [-0.2, 0) is 16.0 Å². The highest BCUT2D eigenvalue weighted by Crippen LogP contribution is 2.40. The van der Waals surface area contributed by atoms with Crippen molar-refractivity contribution >= 4 is 29.1 Å². The summed E-state index contributed by atoms with van der Waals surface area (Å²) in [5.41, 5.74) is 2.18. The van der Waals surface area contributed by atoms with E-state index in [1.807, 2.05) is 43.3 Å². The molecule has 4 rings (SSSR count). The first-order valence-corrected chi connectivity index (χ1v) is 11.7. The summed E-state index contributed by atoms with van der Waals surface area (Å²) in [6.07, 6.45) is 1.42. The molecule has 1 saturated heterocycles. The average Bonchev–Trinajstić information content (AvgIpc) is 3.11. The third-order valence-electron chi connectivity index (χ3n) is 5.77. The summed E-state index contributed by atoms with van der Waals surface area (Å²) >= 11 is 6.25. The lowest BCUT2D eigenvalue weighted by molar-refractivity contribution is -0.139. The van der Waals surface area contributed by atoms with Gasteiger partial charge in [-0.25, -0.2) is 0 Å². The molecular formula is C28H26ClNO4. The molecule has 5 nitrogen and oxygen atoms in total. The molecule has 1 aliphatic rings. The summed E-state index contributed by atoms with van der Waals surface area (Å²) in [5, 5.41) is 11.7. The molecule has 3 aromatic carbocycles. The van der Waals surface area contributed by atoms with Gasteiger partial charge in [-0.2, -0.15) is 0 Å². The van der Waals surface area contributed by atoms with Crippen molar-refractivity contribution in [1.29, 1.82) is 0 Å². The van der Waals surface area contributed by atoms with Crippen LogP contribution in [-0.4, -0.2) is 34.8 Å². The van der Waals surface area contributed by atoms with E-state index in [0.717, 1.165) is 12.0 Å². The number of carbonyl (C=O) groups excluding carboxylic acids is 2. The van der Waals surface area contributed by atoms with Crippen LogP contribution >= 0.6 is 11.6 Å². The Morgan fingerprint density at radius 2 is 1.76 bits per heavy atom. The number of benzene rings is 3. The molecule has 0 spiro atoms. The second-order valence-corrected chi connectivity index (χ2v) is 8.60. The Morgan fingerprint density at radius 1 is 1.00 bits per heavy atom. The number of nitrogens with zero attached hydrogens (tertiary/aromatic N) is 1. The monoisotopic (exact) mass is 475 g/mol. The standard InChI is InChI=1S/C28H26ClNO4/c1-2-16-34-23-13-7-11-21(18-23)26(31)24-25(20-10-6-12-22(29)17-20)30(28(33)27(24)32)15-14-19-8-4-3-5-9-19/h3-13,17-18,25,31H,2,14-16H2,1H3/b26-24+. The molecule has 0 bridgehead atoms. The first kappa shape index (κ1) is 23.6. The second-order valence-electron chi connectivity index (χ2n) is 8.16. The lowest BCUT2D eigenvalue weighted by Crippen LogP contribution is -2.31. The molecule has 0 aromatic heterocycles.